The molecule has 0 saturated carbocycles. The molecule has 0 aromatic heterocycles. The van der Waals surface area contributed by atoms with E-state index in [0.29, 0.717) is 0 Å². The molecule has 0 saturated heterocycles. The van der Waals surface area contributed by atoms with Crippen LogP contribution in [0.4, 0.5) is 0 Å². The Balaban J connectivity index is 2.31. The molecule has 0 aromatic rings. The van der Waals surface area contributed by atoms with Gasteiger partial charge in [0.2, 0.25) is 0 Å². The van der Waals surface area contributed by atoms with E-state index in [9.17, 15) is 0 Å². The third-order valence-corrected chi connectivity index (χ3v) is 2.06. The van der Waals surface area contributed by atoms with Crippen LogP contribution < -0.4 is 0 Å². The lowest BCUT2D eigenvalue weighted by molar-refractivity contribution is 0.695. The van der Waals surface area contributed by atoms with E-state index >= 15 is 0 Å². The first kappa shape index (κ1) is 9.31. The van der Waals surface area contributed by atoms with Crippen molar-refractivity contribution < 1.29 is 0 Å². The molecule has 0 radical (unpaired) electrons. The van der Waals surface area contributed by atoms with E-state index in [4.69, 9.17) is 0 Å². The first-order chi connectivity index (χ1) is 6.00. The molecule has 0 spiro atoms. The highest BCUT2D eigenvalue weighted by Gasteiger charge is 1.85. The maximum Gasteiger partial charge on any atom is -0.0166 e. The zero-order chi connectivity index (χ0) is 8.49. The lowest BCUT2D eigenvalue weighted by atomic mass is 10.1. The molecule has 0 fully saturated rings. The summed E-state index contributed by atoms with van der Waals surface area (Å²) in [4.78, 5) is 0. The third-order valence-electron chi connectivity index (χ3n) is 2.06. The van der Waals surface area contributed by atoms with Crippen molar-refractivity contribution in [2.24, 2.45) is 0 Å². The average Bonchev–Trinajstić information content (AvgIpc) is 2.05. The molecule has 0 amide bonds. The molecule has 0 unspecified atom stereocenters. The normalized spacial score (nSPS) is 28.0. The summed E-state index contributed by atoms with van der Waals surface area (Å²) >= 11 is 0. The van der Waals surface area contributed by atoms with Gasteiger partial charge in [0.25, 0.3) is 0 Å². The molecule has 0 aliphatic heterocycles. The summed E-state index contributed by atoms with van der Waals surface area (Å²) in [5, 5.41) is 0. The minimum atomic E-state index is 1.09. The van der Waals surface area contributed by atoms with Crippen molar-refractivity contribution in [2.45, 2.75) is 38.5 Å². The predicted molar refractivity (Wildman–Crippen MR) is 55.1 cm³/mol. The average molecular weight is 162 g/mol. The molecule has 0 N–H and O–H groups in total. The number of hydrogen-bond donors (Lipinski definition) is 0. The molecule has 1 aliphatic carbocycles. The number of rotatable bonds is 0. The fraction of sp³-hybridized carbons (Fsp3) is 0.500. The van der Waals surface area contributed by atoms with Crippen molar-refractivity contribution >= 4 is 0 Å². The van der Waals surface area contributed by atoms with Gasteiger partial charge in [-0.05, 0) is 32.1 Å². The topological polar surface area (TPSA) is 0 Å². The monoisotopic (exact) mass is 162 g/mol. The summed E-state index contributed by atoms with van der Waals surface area (Å²) in [7, 11) is 0. The molecule has 1 aliphatic rings. The van der Waals surface area contributed by atoms with Crippen molar-refractivity contribution in [3.8, 4) is 0 Å². The van der Waals surface area contributed by atoms with Gasteiger partial charge in [-0.25, -0.2) is 0 Å². The van der Waals surface area contributed by atoms with Crippen LogP contribution in [-0.4, -0.2) is 0 Å². The van der Waals surface area contributed by atoms with Crippen LogP contribution in [0.15, 0.2) is 36.5 Å². The molecule has 0 heterocycles. The second kappa shape index (κ2) is 6.90. The van der Waals surface area contributed by atoms with Crippen LogP contribution in [0.1, 0.15) is 38.5 Å². The van der Waals surface area contributed by atoms with E-state index in [2.05, 4.69) is 36.5 Å². The van der Waals surface area contributed by atoms with Crippen LogP contribution in [-0.2, 0) is 0 Å². The lowest BCUT2D eigenvalue weighted by Gasteiger charge is -1.95. The molecular weight excluding hydrogens is 144 g/mol. The third kappa shape index (κ3) is 4.95. The van der Waals surface area contributed by atoms with Crippen LogP contribution in [0.25, 0.3) is 0 Å². The zero-order valence-corrected chi connectivity index (χ0v) is 7.71. The summed E-state index contributed by atoms with van der Waals surface area (Å²) in [6, 6.07) is 0. The number of hydrogen-bond acceptors (Lipinski definition) is 0. The van der Waals surface area contributed by atoms with Gasteiger partial charge in [-0.15, -0.1) is 0 Å². The molecule has 0 heteroatoms. The highest BCUT2D eigenvalue weighted by molar-refractivity contribution is 5.05. The van der Waals surface area contributed by atoms with E-state index in [-0.39, 0.29) is 0 Å². The Morgan fingerprint density at radius 2 is 1.33 bits per heavy atom. The van der Waals surface area contributed by atoms with Crippen LogP contribution in [0.5, 0.6) is 0 Å². The highest BCUT2D eigenvalue weighted by Crippen LogP contribution is 2.05. The summed E-state index contributed by atoms with van der Waals surface area (Å²) in [6.45, 7) is 0. The predicted octanol–water partition coefficient (Wildman–Crippen LogP) is 4.01. The van der Waals surface area contributed by atoms with Gasteiger partial charge in [-0.2, -0.15) is 0 Å². The fourth-order valence-electron chi connectivity index (χ4n) is 1.33. The lowest BCUT2D eigenvalue weighted by Crippen LogP contribution is -1.75. The molecule has 12 heavy (non-hydrogen) atoms. The summed E-state index contributed by atoms with van der Waals surface area (Å²) in [5.41, 5.74) is 0. The highest BCUT2D eigenvalue weighted by atomic mass is 13.9. The number of allylic oxidation sites excluding steroid dienone is 6. The molecule has 0 atom stereocenters. The SMILES string of the molecule is C1=C\CCCCC/C=C\C/C=C/1. The molecule has 66 valence electrons. The van der Waals surface area contributed by atoms with Gasteiger partial charge in [0, 0.05) is 0 Å². The van der Waals surface area contributed by atoms with Crippen molar-refractivity contribution in [1.29, 1.82) is 0 Å². The van der Waals surface area contributed by atoms with Gasteiger partial charge < -0.3 is 0 Å². The van der Waals surface area contributed by atoms with Gasteiger partial charge in [-0.3, -0.25) is 0 Å². The fourth-order valence-corrected chi connectivity index (χ4v) is 1.33. The van der Waals surface area contributed by atoms with Gasteiger partial charge in [-0.1, -0.05) is 42.9 Å². The molecule has 1 rings (SSSR count). The van der Waals surface area contributed by atoms with Crippen LogP contribution in [0, 0.1) is 0 Å². The van der Waals surface area contributed by atoms with Crippen molar-refractivity contribution in [1.82, 2.24) is 0 Å². The first-order valence-electron chi connectivity index (χ1n) is 4.97. The standard InChI is InChI=1S/C12H18/c1-2-4-6-8-10-12-11-9-7-5-3-1/h1-4,7,9H,5-6,8,10-12H2/b3-1+,4-2-,9-7-. The van der Waals surface area contributed by atoms with Crippen molar-refractivity contribution in [3.63, 3.8) is 0 Å². The smallest absolute Gasteiger partial charge is 0.0166 e. The van der Waals surface area contributed by atoms with Gasteiger partial charge in [0.05, 0.1) is 0 Å². The Morgan fingerprint density at radius 1 is 0.583 bits per heavy atom. The largest absolute Gasteiger partial charge is 0.0882 e. The van der Waals surface area contributed by atoms with Crippen LogP contribution in [0.2, 0.25) is 0 Å². The molecule has 0 aromatic carbocycles. The van der Waals surface area contributed by atoms with Crippen molar-refractivity contribution in [2.75, 3.05) is 0 Å². The van der Waals surface area contributed by atoms with Crippen LogP contribution in [0.3, 0.4) is 0 Å². The minimum Gasteiger partial charge on any atom is -0.0882 e. The van der Waals surface area contributed by atoms with E-state index in [1.54, 1.807) is 0 Å². The quantitative estimate of drug-likeness (QED) is 0.472. The molecule has 0 nitrogen and oxygen atoms in total. The molecule has 0 bridgehead atoms. The summed E-state index contributed by atoms with van der Waals surface area (Å²) in [6.07, 6.45) is 21.0. The first-order valence-corrected chi connectivity index (χ1v) is 4.97. The van der Waals surface area contributed by atoms with E-state index < -0.39 is 0 Å². The second-order valence-electron chi connectivity index (χ2n) is 3.20. The van der Waals surface area contributed by atoms with Gasteiger partial charge >= 0.3 is 0 Å². The van der Waals surface area contributed by atoms with E-state index in [1.165, 1.54) is 32.1 Å². The Hall–Kier alpha value is -0.780. The minimum absolute atomic E-state index is 1.09. The maximum absolute atomic E-state index is 2.30. The summed E-state index contributed by atoms with van der Waals surface area (Å²) in [5.74, 6) is 0. The van der Waals surface area contributed by atoms with Gasteiger partial charge in [0.1, 0.15) is 0 Å². The second-order valence-corrected chi connectivity index (χ2v) is 3.20. The Labute approximate surface area is 75.7 Å². The Kier molecular flexibility index (Phi) is 5.35. The van der Waals surface area contributed by atoms with E-state index in [1.807, 2.05) is 0 Å². The van der Waals surface area contributed by atoms with E-state index in [0.717, 1.165) is 6.42 Å². The Morgan fingerprint density at radius 3 is 2.25 bits per heavy atom. The zero-order valence-electron chi connectivity index (χ0n) is 7.71. The molecular formula is C12H18. The van der Waals surface area contributed by atoms with Crippen molar-refractivity contribution in [3.05, 3.63) is 36.5 Å². The van der Waals surface area contributed by atoms with Crippen LogP contribution >= 0.6 is 0 Å². The Bertz CT molecular complexity index is 172. The summed E-state index contributed by atoms with van der Waals surface area (Å²) < 4.78 is 0. The van der Waals surface area contributed by atoms with Gasteiger partial charge in [0.15, 0.2) is 0 Å². The maximum atomic E-state index is 2.30.